The third kappa shape index (κ3) is 3.21. The van der Waals surface area contributed by atoms with Crippen molar-refractivity contribution in [3.05, 3.63) is 15.8 Å². The number of thiophene rings is 1. The van der Waals surface area contributed by atoms with E-state index < -0.39 is 5.97 Å². The third-order valence-electron chi connectivity index (χ3n) is 1.79. The highest BCUT2D eigenvalue weighted by molar-refractivity contribution is 7.14. The topological polar surface area (TPSA) is 55.8 Å². The van der Waals surface area contributed by atoms with Crippen LogP contribution in [0, 0.1) is 0 Å². The first-order valence-corrected chi connectivity index (χ1v) is 5.57. The number of ether oxygens (including phenoxy) is 2. The second-order valence-corrected chi connectivity index (χ2v) is 3.96. The molecule has 4 nitrogen and oxygen atoms in total. The zero-order chi connectivity index (χ0) is 11.3. The summed E-state index contributed by atoms with van der Waals surface area (Å²) in [6, 6.07) is 1.76. The van der Waals surface area contributed by atoms with E-state index in [2.05, 4.69) is 0 Å². The normalized spacial score (nSPS) is 10.3. The van der Waals surface area contributed by atoms with Crippen molar-refractivity contribution < 1.29 is 19.4 Å². The zero-order valence-electron chi connectivity index (χ0n) is 8.78. The summed E-state index contributed by atoms with van der Waals surface area (Å²) in [6.45, 7) is 4.47. The van der Waals surface area contributed by atoms with Crippen molar-refractivity contribution in [2.75, 3.05) is 13.4 Å². The van der Waals surface area contributed by atoms with E-state index in [1.54, 1.807) is 6.07 Å². The van der Waals surface area contributed by atoms with Crippen LogP contribution >= 0.6 is 11.3 Å². The first-order chi connectivity index (χ1) is 7.19. The Labute approximate surface area is 92.4 Å². The molecule has 0 aromatic carbocycles. The monoisotopic (exact) mass is 230 g/mol. The largest absolute Gasteiger partial charge is 0.477 e. The van der Waals surface area contributed by atoms with Gasteiger partial charge in [-0.25, -0.2) is 4.79 Å². The fourth-order valence-electron chi connectivity index (χ4n) is 1.04. The van der Waals surface area contributed by atoms with E-state index in [-0.39, 0.29) is 11.7 Å². The van der Waals surface area contributed by atoms with E-state index in [9.17, 15) is 4.79 Å². The summed E-state index contributed by atoms with van der Waals surface area (Å²) in [4.78, 5) is 12.1. The predicted octanol–water partition coefficient (Wildman–Crippen LogP) is 2.38. The van der Waals surface area contributed by atoms with Crippen LogP contribution in [0.1, 0.15) is 28.4 Å². The maximum Gasteiger partial charge on any atom is 0.349 e. The van der Waals surface area contributed by atoms with Crippen LogP contribution in [-0.4, -0.2) is 24.5 Å². The summed E-state index contributed by atoms with van der Waals surface area (Å²) in [7, 11) is 0. The minimum absolute atomic E-state index is 0.0939. The molecule has 0 amide bonds. The molecule has 0 aliphatic rings. The van der Waals surface area contributed by atoms with E-state index in [1.165, 1.54) is 11.3 Å². The van der Waals surface area contributed by atoms with Gasteiger partial charge < -0.3 is 14.6 Å². The van der Waals surface area contributed by atoms with Crippen molar-refractivity contribution in [1.82, 2.24) is 0 Å². The fraction of sp³-hybridized carbons (Fsp3) is 0.500. The summed E-state index contributed by atoms with van der Waals surface area (Å²) in [5, 5.41) is 8.92. The maximum atomic E-state index is 10.9. The molecule has 0 bridgehead atoms. The van der Waals surface area contributed by atoms with Gasteiger partial charge in [0.2, 0.25) is 0 Å². The van der Waals surface area contributed by atoms with Crippen molar-refractivity contribution in [2.45, 2.75) is 20.3 Å². The SMILES string of the molecule is CCOCOc1cc(CC)sc1C(=O)O. The molecule has 0 saturated carbocycles. The minimum atomic E-state index is -0.953. The van der Waals surface area contributed by atoms with Crippen LogP contribution in [0.2, 0.25) is 0 Å². The van der Waals surface area contributed by atoms with Gasteiger partial charge in [0, 0.05) is 11.5 Å². The summed E-state index contributed by atoms with van der Waals surface area (Å²) < 4.78 is 10.2. The van der Waals surface area contributed by atoms with Gasteiger partial charge in [0.15, 0.2) is 11.7 Å². The molecule has 0 fully saturated rings. The van der Waals surface area contributed by atoms with Crippen LogP contribution in [0.15, 0.2) is 6.07 Å². The quantitative estimate of drug-likeness (QED) is 0.602. The molecular weight excluding hydrogens is 216 g/mol. The maximum absolute atomic E-state index is 10.9. The van der Waals surface area contributed by atoms with Gasteiger partial charge in [-0.1, -0.05) is 6.92 Å². The molecule has 0 atom stereocenters. The number of hydrogen-bond donors (Lipinski definition) is 1. The van der Waals surface area contributed by atoms with Gasteiger partial charge in [0.05, 0.1) is 0 Å². The highest BCUT2D eigenvalue weighted by Gasteiger charge is 2.15. The lowest BCUT2D eigenvalue weighted by Gasteiger charge is -2.03. The third-order valence-corrected chi connectivity index (χ3v) is 3.04. The molecule has 1 N–H and O–H groups in total. The van der Waals surface area contributed by atoms with Crippen molar-refractivity contribution in [3.63, 3.8) is 0 Å². The van der Waals surface area contributed by atoms with Gasteiger partial charge in [0.1, 0.15) is 5.75 Å². The van der Waals surface area contributed by atoms with Crippen LogP contribution in [0.3, 0.4) is 0 Å². The molecule has 1 rings (SSSR count). The van der Waals surface area contributed by atoms with Gasteiger partial charge in [-0.2, -0.15) is 0 Å². The molecule has 5 heteroatoms. The van der Waals surface area contributed by atoms with Gasteiger partial charge in [-0.15, -0.1) is 11.3 Å². The van der Waals surface area contributed by atoms with Crippen molar-refractivity contribution in [2.24, 2.45) is 0 Å². The van der Waals surface area contributed by atoms with Crippen molar-refractivity contribution in [1.29, 1.82) is 0 Å². The van der Waals surface area contributed by atoms with E-state index in [0.29, 0.717) is 12.4 Å². The lowest BCUT2D eigenvalue weighted by Crippen LogP contribution is -2.04. The number of carboxylic acids is 1. The molecule has 0 aliphatic carbocycles. The average Bonchev–Trinajstić information content (AvgIpc) is 2.62. The highest BCUT2D eigenvalue weighted by Crippen LogP contribution is 2.29. The molecule has 0 unspecified atom stereocenters. The Bertz CT molecular complexity index is 332. The lowest BCUT2D eigenvalue weighted by atomic mass is 10.3. The Kier molecular flexibility index (Phi) is 4.58. The molecule has 84 valence electrons. The molecule has 0 aliphatic heterocycles. The van der Waals surface area contributed by atoms with Gasteiger partial charge in [0.25, 0.3) is 0 Å². The van der Waals surface area contributed by atoms with Crippen LogP contribution in [0.25, 0.3) is 0 Å². The second kappa shape index (κ2) is 5.72. The molecule has 0 saturated heterocycles. The first kappa shape index (κ1) is 12.0. The standard InChI is InChI=1S/C10H14O4S/c1-3-7-5-8(14-6-13-4-2)9(15-7)10(11)12/h5H,3-4,6H2,1-2H3,(H,11,12). The first-order valence-electron chi connectivity index (χ1n) is 4.75. The fourth-order valence-corrected chi connectivity index (χ4v) is 1.92. The Morgan fingerprint density at radius 2 is 2.27 bits per heavy atom. The summed E-state index contributed by atoms with van der Waals surface area (Å²) in [5.74, 6) is -0.552. The average molecular weight is 230 g/mol. The molecule has 0 spiro atoms. The molecule has 1 heterocycles. The summed E-state index contributed by atoms with van der Waals surface area (Å²) in [6.07, 6.45) is 0.808. The Hall–Kier alpha value is -1.07. The number of carbonyl (C=O) groups is 1. The van der Waals surface area contributed by atoms with E-state index in [4.69, 9.17) is 14.6 Å². The van der Waals surface area contributed by atoms with E-state index in [1.807, 2.05) is 13.8 Å². The van der Waals surface area contributed by atoms with E-state index >= 15 is 0 Å². The number of rotatable bonds is 6. The van der Waals surface area contributed by atoms with E-state index in [0.717, 1.165) is 11.3 Å². The van der Waals surface area contributed by atoms with Crippen LogP contribution in [0.4, 0.5) is 0 Å². The Morgan fingerprint density at radius 3 is 2.80 bits per heavy atom. The molecular formula is C10H14O4S. The molecule has 0 radical (unpaired) electrons. The van der Waals surface area contributed by atoms with Crippen molar-refractivity contribution in [3.8, 4) is 5.75 Å². The van der Waals surface area contributed by atoms with Crippen LogP contribution < -0.4 is 4.74 Å². The highest BCUT2D eigenvalue weighted by atomic mass is 32.1. The Balaban J connectivity index is 2.75. The lowest BCUT2D eigenvalue weighted by molar-refractivity contribution is 0.0217. The molecule has 1 aromatic rings. The van der Waals surface area contributed by atoms with Gasteiger partial charge in [-0.3, -0.25) is 0 Å². The number of carboxylic acid groups (broad SMARTS) is 1. The smallest absolute Gasteiger partial charge is 0.349 e. The molecule has 15 heavy (non-hydrogen) atoms. The van der Waals surface area contributed by atoms with Crippen molar-refractivity contribution >= 4 is 17.3 Å². The minimum Gasteiger partial charge on any atom is -0.477 e. The zero-order valence-corrected chi connectivity index (χ0v) is 9.60. The second-order valence-electron chi connectivity index (χ2n) is 2.82. The Morgan fingerprint density at radius 1 is 1.53 bits per heavy atom. The van der Waals surface area contributed by atoms with Gasteiger partial charge >= 0.3 is 5.97 Å². The number of aryl methyl sites for hydroxylation is 1. The van der Waals surface area contributed by atoms with Crippen LogP contribution in [0.5, 0.6) is 5.75 Å². The summed E-state index contributed by atoms with van der Waals surface area (Å²) in [5.41, 5.74) is 0. The van der Waals surface area contributed by atoms with Crippen LogP contribution in [-0.2, 0) is 11.2 Å². The van der Waals surface area contributed by atoms with Gasteiger partial charge in [-0.05, 0) is 19.4 Å². The summed E-state index contributed by atoms with van der Waals surface area (Å²) >= 11 is 1.25. The number of hydrogen-bond acceptors (Lipinski definition) is 4. The molecule has 1 aromatic heterocycles. The number of aromatic carboxylic acids is 1. The predicted molar refractivity (Wildman–Crippen MR) is 57.8 cm³/mol.